The van der Waals surface area contributed by atoms with Crippen LogP contribution in [0.1, 0.15) is 54.1 Å². The molecule has 1 saturated heterocycles. The van der Waals surface area contributed by atoms with Crippen LogP contribution in [0.5, 0.6) is 0 Å². The van der Waals surface area contributed by atoms with Crippen LogP contribution in [0.3, 0.4) is 0 Å². The predicted octanol–water partition coefficient (Wildman–Crippen LogP) is 3.98. The van der Waals surface area contributed by atoms with E-state index in [0.29, 0.717) is 12.1 Å². The summed E-state index contributed by atoms with van der Waals surface area (Å²) in [6, 6.07) is 17.6. The fraction of sp³-hybridized carbons (Fsp3) is 0.417. The zero-order chi connectivity index (χ0) is 20.2. The highest BCUT2D eigenvalue weighted by Crippen LogP contribution is 2.34. The Morgan fingerprint density at radius 3 is 2.45 bits per heavy atom. The highest BCUT2D eigenvalue weighted by atomic mass is 16.2. The van der Waals surface area contributed by atoms with Gasteiger partial charge < -0.3 is 16.0 Å². The molecule has 5 nitrogen and oxygen atoms in total. The molecule has 0 spiro atoms. The number of carbonyl (C=O) groups is 2. The molecule has 2 aromatic carbocycles. The van der Waals surface area contributed by atoms with Crippen molar-refractivity contribution in [2.45, 2.75) is 38.1 Å². The third kappa shape index (κ3) is 4.20. The van der Waals surface area contributed by atoms with Gasteiger partial charge in [-0.1, -0.05) is 36.8 Å². The summed E-state index contributed by atoms with van der Waals surface area (Å²) in [5, 5.41) is 3.00. The van der Waals surface area contributed by atoms with Gasteiger partial charge in [0.15, 0.2) is 0 Å². The lowest BCUT2D eigenvalue weighted by Gasteiger charge is -2.25. The number of benzene rings is 2. The second kappa shape index (κ2) is 8.78. The predicted molar refractivity (Wildman–Crippen MR) is 114 cm³/mol. The van der Waals surface area contributed by atoms with Crippen LogP contribution in [0.4, 0.5) is 5.69 Å². The first-order chi connectivity index (χ1) is 14.2. The second-order valence-electron chi connectivity index (χ2n) is 8.17. The Kier molecular flexibility index (Phi) is 5.95. The van der Waals surface area contributed by atoms with E-state index in [1.165, 1.54) is 5.56 Å². The molecule has 2 aromatic rings. The summed E-state index contributed by atoms with van der Waals surface area (Å²) < 4.78 is 0. The number of nitrogens with two attached hydrogens (primary N) is 1. The molecule has 1 saturated carbocycles. The van der Waals surface area contributed by atoms with Gasteiger partial charge >= 0.3 is 0 Å². The molecule has 4 rings (SSSR count). The molecule has 0 aromatic heterocycles. The summed E-state index contributed by atoms with van der Waals surface area (Å²) >= 11 is 0. The van der Waals surface area contributed by atoms with Crippen LogP contribution in [-0.4, -0.2) is 29.8 Å². The molecule has 0 radical (unpaired) electrons. The van der Waals surface area contributed by atoms with Crippen LogP contribution < -0.4 is 11.1 Å². The molecule has 1 unspecified atom stereocenters. The van der Waals surface area contributed by atoms with Gasteiger partial charge in [-0.05, 0) is 68.0 Å². The maximum Gasteiger partial charge on any atom is 0.254 e. The van der Waals surface area contributed by atoms with Crippen molar-refractivity contribution in [2.24, 2.45) is 17.6 Å². The topological polar surface area (TPSA) is 75.4 Å². The van der Waals surface area contributed by atoms with Crippen LogP contribution in [0.25, 0.3) is 0 Å². The first-order valence-corrected chi connectivity index (χ1v) is 10.6. The quantitative estimate of drug-likeness (QED) is 0.810. The molecule has 29 heavy (non-hydrogen) atoms. The van der Waals surface area contributed by atoms with Crippen LogP contribution in [0, 0.1) is 11.8 Å². The second-order valence-corrected chi connectivity index (χ2v) is 8.17. The van der Waals surface area contributed by atoms with Crippen molar-refractivity contribution < 1.29 is 9.59 Å². The molecule has 3 atom stereocenters. The average molecular weight is 392 g/mol. The van der Waals surface area contributed by atoms with Crippen molar-refractivity contribution in [1.29, 1.82) is 0 Å². The van der Waals surface area contributed by atoms with Gasteiger partial charge in [-0.15, -0.1) is 0 Å². The lowest BCUT2D eigenvalue weighted by atomic mass is 9.95. The number of hydrogen-bond donors (Lipinski definition) is 2. The Bertz CT molecular complexity index is 850. The highest BCUT2D eigenvalue weighted by Gasteiger charge is 2.32. The molecular weight excluding hydrogens is 362 g/mol. The fourth-order valence-corrected chi connectivity index (χ4v) is 4.79. The number of carbonyl (C=O) groups excluding carboxylic acids is 2. The van der Waals surface area contributed by atoms with Gasteiger partial charge in [0.05, 0.1) is 6.04 Å². The summed E-state index contributed by atoms with van der Waals surface area (Å²) in [4.78, 5) is 27.6. The van der Waals surface area contributed by atoms with Gasteiger partial charge in [0.25, 0.3) is 5.91 Å². The molecule has 2 amide bonds. The molecule has 5 heteroatoms. The monoisotopic (exact) mass is 391 g/mol. The molecule has 152 valence electrons. The van der Waals surface area contributed by atoms with Crippen LogP contribution in [0.2, 0.25) is 0 Å². The van der Waals surface area contributed by atoms with E-state index >= 15 is 0 Å². The van der Waals surface area contributed by atoms with Gasteiger partial charge in [-0.25, -0.2) is 0 Å². The number of nitrogens with one attached hydrogen (secondary N) is 1. The minimum Gasteiger partial charge on any atom is -0.332 e. The van der Waals surface area contributed by atoms with E-state index in [1.54, 1.807) is 0 Å². The van der Waals surface area contributed by atoms with E-state index in [-0.39, 0.29) is 29.7 Å². The zero-order valence-electron chi connectivity index (χ0n) is 16.7. The summed E-state index contributed by atoms with van der Waals surface area (Å²) in [7, 11) is 0. The van der Waals surface area contributed by atoms with Crippen molar-refractivity contribution in [2.75, 3.05) is 18.4 Å². The molecule has 2 aliphatic rings. The normalized spacial score (nSPS) is 23.9. The van der Waals surface area contributed by atoms with E-state index < -0.39 is 0 Å². The van der Waals surface area contributed by atoms with Crippen molar-refractivity contribution in [1.82, 2.24) is 4.90 Å². The number of rotatable bonds is 5. The minimum absolute atomic E-state index is 0.00228. The van der Waals surface area contributed by atoms with E-state index in [2.05, 4.69) is 17.4 Å². The number of amides is 2. The lowest BCUT2D eigenvalue weighted by molar-refractivity contribution is -0.120. The van der Waals surface area contributed by atoms with E-state index in [4.69, 9.17) is 5.73 Å². The van der Waals surface area contributed by atoms with Crippen molar-refractivity contribution in [3.05, 3.63) is 65.7 Å². The standard InChI is InChI=1S/C24H29N3O2/c25-16-19-8-4-9-21(19)23(28)26-20-13-11-18(12-14-20)24(29)27-15-5-10-22(27)17-6-2-1-3-7-17/h1-3,6-7,11-14,19,21-22H,4-5,8-10,15-16,25H2,(H,26,28)/t19-,21-,22?/m1/s1. The van der Waals surface area contributed by atoms with Crippen molar-refractivity contribution >= 4 is 17.5 Å². The largest absolute Gasteiger partial charge is 0.332 e. The Morgan fingerprint density at radius 2 is 1.72 bits per heavy atom. The van der Waals surface area contributed by atoms with Crippen molar-refractivity contribution in [3.63, 3.8) is 0 Å². The van der Waals surface area contributed by atoms with Gasteiger partial charge in [0, 0.05) is 23.7 Å². The number of likely N-dealkylation sites (tertiary alicyclic amines) is 1. The van der Waals surface area contributed by atoms with E-state index in [0.717, 1.165) is 44.3 Å². The number of nitrogens with zero attached hydrogens (tertiary/aromatic N) is 1. The Hall–Kier alpha value is -2.66. The van der Waals surface area contributed by atoms with Gasteiger partial charge in [-0.3, -0.25) is 9.59 Å². The number of hydrogen-bond acceptors (Lipinski definition) is 3. The molecular formula is C24H29N3O2. The van der Waals surface area contributed by atoms with E-state index in [9.17, 15) is 9.59 Å². The maximum absolute atomic E-state index is 13.1. The smallest absolute Gasteiger partial charge is 0.254 e. The fourth-order valence-electron chi connectivity index (χ4n) is 4.79. The maximum atomic E-state index is 13.1. The molecule has 1 aliphatic heterocycles. The Labute approximate surface area is 172 Å². The molecule has 1 heterocycles. The summed E-state index contributed by atoms with van der Waals surface area (Å²) in [6.07, 6.45) is 5.00. The van der Waals surface area contributed by atoms with E-state index in [1.807, 2.05) is 47.4 Å². The molecule has 0 bridgehead atoms. The molecule has 1 aliphatic carbocycles. The zero-order valence-corrected chi connectivity index (χ0v) is 16.7. The Morgan fingerprint density at radius 1 is 0.966 bits per heavy atom. The summed E-state index contributed by atoms with van der Waals surface area (Å²) in [5.74, 6) is 0.368. The third-order valence-corrected chi connectivity index (χ3v) is 6.40. The highest BCUT2D eigenvalue weighted by molar-refractivity contribution is 5.96. The molecule has 2 fully saturated rings. The molecule has 3 N–H and O–H groups in total. The van der Waals surface area contributed by atoms with Crippen LogP contribution in [-0.2, 0) is 4.79 Å². The SMILES string of the molecule is NC[C@H]1CCC[C@H]1C(=O)Nc1ccc(C(=O)N2CCCC2c2ccccc2)cc1. The first kappa shape index (κ1) is 19.6. The van der Waals surface area contributed by atoms with Gasteiger partial charge in [-0.2, -0.15) is 0 Å². The first-order valence-electron chi connectivity index (χ1n) is 10.6. The summed E-state index contributed by atoms with van der Waals surface area (Å²) in [6.45, 7) is 1.34. The van der Waals surface area contributed by atoms with Gasteiger partial charge in [0.1, 0.15) is 0 Å². The summed E-state index contributed by atoms with van der Waals surface area (Å²) in [5.41, 5.74) is 8.38. The van der Waals surface area contributed by atoms with Crippen LogP contribution in [0.15, 0.2) is 54.6 Å². The minimum atomic E-state index is -0.00228. The Balaban J connectivity index is 1.42. The lowest BCUT2D eigenvalue weighted by Crippen LogP contribution is -2.31. The van der Waals surface area contributed by atoms with Crippen molar-refractivity contribution in [3.8, 4) is 0 Å². The number of anilines is 1. The van der Waals surface area contributed by atoms with Crippen LogP contribution >= 0.6 is 0 Å². The third-order valence-electron chi connectivity index (χ3n) is 6.40. The average Bonchev–Trinajstić information content (AvgIpc) is 3.44. The van der Waals surface area contributed by atoms with Gasteiger partial charge in [0.2, 0.25) is 5.91 Å².